The largest absolute Gasteiger partial charge is 0.441 e. The molecule has 24 heavy (non-hydrogen) atoms. The molecule has 1 aromatic carbocycles. The van der Waals surface area contributed by atoms with Crippen LogP contribution in [0.5, 0.6) is 0 Å². The highest BCUT2D eigenvalue weighted by atomic mass is 32.2. The number of aryl methyl sites for hydroxylation is 1. The molecule has 0 saturated carbocycles. The molecule has 3 rings (SSSR count). The van der Waals surface area contributed by atoms with E-state index in [2.05, 4.69) is 4.98 Å². The van der Waals surface area contributed by atoms with Crippen LogP contribution in [-0.2, 0) is 20.0 Å². The van der Waals surface area contributed by atoms with Gasteiger partial charge in [-0.05, 0) is 24.6 Å². The maximum Gasteiger partial charge on any atom is 0.243 e. The summed E-state index contributed by atoms with van der Waals surface area (Å²) in [5.41, 5.74) is 1.02. The third kappa shape index (κ3) is 3.32. The van der Waals surface area contributed by atoms with Gasteiger partial charge < -0.3 is 4.42 Å². The molecule has 0 N–H and O–H groups in total. The Kier molecular flexibility index (Phi) is 4.41. The van der Waals surface area contributed by atoms with Crippen LogP contribution < -0.4 is 0 Å². The van der Waals surface area contributed by atoms with Crippen LogP contribution in [0, 0.1) is 6.92 Å². The fraction of sp³-hybridized carbons (Fsp3) is 0.500. The van der Waals surface area contributed by atoms with Crippen molar-refractivity contribution in [1.82, 2.24) is 13.6 Å². The van der Waals surface area contributed by atoms with Gasteiger partial charge in [0.1, 0.15) is 5.52 Å². The van der Waals surface area contributed by atoms with E-state index in [9.17, 15) is 16.8 Å². The maximum absolute atomic E-state index is 12.8. The van der Waals surface area contributed by atoms with Gasteiger partial charge in [-0.1, -0.05) is 0 Å². The van der Waals surface area contributed by atoms with Crippen LogP contribution in [0.15, 0.2) is 27.5 Å². The van der Waals surface area contributed by atoms with Gasteiger partial charge in [0, 0.05) is 33.1 Å². The quantitative estimate of drug-likeness (QED) is 0.788. The molecule has 1 aromatic heterocycles. The normalized spacial score (nSPS) is 18.8. The lowest BCUT2D eigenvalue weighted by Gasteiger charge is -2.20. The molecule has 10 heteroatoms. The Morgan fingerprint density at radius 1 is 1.04 bits per heavy atom. The molecule has 132 valence electrons. The van der Waals surface area contributed by atoms with Gasteiger partial charge in [-0.15, -0.1) is 0 Å². The fourth-order valence-electron chi connectivity index (χ4n) is 2.77. The van der Waals surface area contributed by atoms with Crippen molar-refractivity contribution < 1.29 is 21.3 Å². The highest BCUT2D eigenvalue weighted by Crippen LogP contribution is 2.23. The Bertz CT molecular complexity index is 965. The van der Waals surface area contributed by atoms with Gasteiger partial charge in [0.2, 0.25) is 20.0 Å². The molecular formula is C14H19N3O5S2. The highest BCUT2D eigenvalue weighted by molar-refractivity contribution is 7.89. The molecule has 0 radical (unpaired) electrons. The van der Waals surface area contributed by atoms with Gasteiger partial charge in [0.15, 0.2) is 11.5 Å². The molecule has 8 nitrogen and oxygen atoms in total. The molecular weight excluding hydrogens is 354 g/mol. The SMILES string of the molecule is Cc1nc2cc(S(=O)(=O)N3CCCN(S(C)(=O)=O)CC3)ccc2o1. The lowest BCUT2D eigenvalue weighted by atomic mass is 10.3. The maximum atomic E-state index is 12.8. The van der Waals surface area contributed by atoms with E-state index in [1.807, 2.05) is 0 Å². The molecule has 0 amide bonds. The van der Waals surface area contributed by atoms with Crippen LogP contribution in [-0.4, -0.2) is 62.9 Å². The summed E-state index contributed by atoms with van der Waals surface area (Å²) >= 11 is 0. The first-order chi connectivity index (χ1) is 11.2. The van der Waals surface area contributed by atoms with Crippen LogP contribution in [0.25, 0.3) is 11.1 Å². The Balaban J connectivity index is 1.88. The van der Waals surface area contributed by atoms with Gasteiger partial charge in [-0.25, -0.2) is 26.1 Å². The van der Waals surface area contributed by atoms with Gasteiger partial charge in [-0.3, -0.25) is 0 Å². The molecule has 0 bridgehead atoms. The summed E-state index contributed by atoms with van der Waals surface area (Å²) in [5, 5.41) is 0. The average Bonchev–Trinajstić information content (AvgIpc) is 2.70. The Morgan fingerprint density at radius 2 is 1.71 bits per heavy atom. The van der Waals surface area contributed by atoms with Gasteiger partial charge in [0.25, 0.3) is 0 Å². The summed E-state index contributed by atoms with van der Waals surface area (Å²) < 4.78 is 57.0. The Labute approximate surface area is 141 Å². The van der Waals surface area contributed by atoms with Gasteiger partial charge >= 0.3 is 0 Å². The predicted octanol–water partition coefficient (Wildman–Crippen LogP) is 0.792. The topological polar surface area (TPSA) is 101 Å². The summed E-state index contributed by atoms with van der Waals surface area (Å²) in [4.78, 5) is 4.29. The smallest absolute Gasteiger partial charge is 0.243 e. The predicted molar refractivity (Wildman–Crippen MR) is 88.5 cm³/mol. The standard InChI is InChI=1S/C14H19N3O5S2/c1-11-15-13-10-12(4-5-14(13)22-11)24(20,21)17-7-3-6-16(8-9-17)23(2,18)19/h4-5,10H,3,6-9H2,1-2H3. The minimum Gasteiger partial charge on any atom is -0.441 e. The van der Waals surface area contributed by atoms with E-state index in [0.29, 0.717) is 30.0 Å². The van der Waals surface area contributed by atoms with Crippen molar-refractivity contribution in [1.29, 1.82) is 0 Å². The number of aromatic nitrogens is 1. The van der Waals surface area contributed by atoms with Crippen LogP contribution in [0.2, 0.25) is 0 Å². The van der Waals surface area contributed by atoms with E-state index in [0.717, 1.165) is 6.26 Å². The third-order valence-corrected chi connectivity index (χ3v) is 7.18. The average molecular weight is 373 g/mol. The molecule has 0 spiro atoms. The molecule has 1 saturated heterocycles. The summed E-state index contributed by atoms with van der Waals surface area (Å²) in [5.74, 6) is 0.470. The van der Waals surface area contributed by atoms with E-state index >= 15 is 0 Å². The first-order valence-corrected chi connectivity index (χ1v) is 10.8. The van der Waals surface area contributed by atoms with Crippen molar-refractivity contribution >= 4 is 31.1 Å². The second-order valence-corrected chi connectivity index (χ2v) is 9.70. The first-order valence-electron chi connectivity index (χ1n) is 7.50. The second kappa shape index (κ2) is 6.10. The second-order valence-electron chi connectivity index (χ2n) is 5.78. The van der Waals surface area contributed by atoms with Gasteiger partial charge in [0.05, 0.1) is 11.2 Å². The number of sulfonamides is 2. The van der Waals surface area contributed by atoms with Crippen LogP contribution in [0.4, 0.5) is 0 Å². The number of benzene rings is 1. The summed E-state index contributed by atoms with van der Waals surface area (Å²) in [7, 11) is -7.03. The zero-order chi connectivity index (χ0) is 17.5. The highest BCUT2D eigenvalue weighted by Gasteiger charge is 2.29. The summed E-state index contributed by atoms with van der Waals surface area (Å²) in [6.45, 7) is 2.59. The number of nitrogens with zero attached hydrogens (tertiary/aromatic N) is 3. The Hall–Kier alpha value is -1.49. The van der Waals surface area contributed by atoms with Crippen LogP contribution in [0.1, 0.15) is 12.3 Å². The number of rotatable bonds is 3. The minimum absolute atomic E-state index is 0.130. The van der Waals surface area contributed by atoms with E-state index in [-0.39, 0.29) is 24.5 Å². The molecule has 0 aliphatic carbocycles. The first kappa shape index (κ1) is 17.3. The number of hydrogen-bond donors (Lipinski definition) is 0. The summed E-state index contributed by atoms with van der Waals surface area (Å²) in [6.07, 6.45) is 1.59. The molecule has 0 atom stereocenters. The van der Waals surface area contributed by atoms with Crippen LogP contribution in [0.3, 0.4) is 0 Å². The zero-order valence-electron chi connectivity index (χ0n) is 13.5. The van der Waals surface area contributed by atoms with Gasteiger partial charge in [-0.2, -0.15) is 4.31 Å². The number of oxazole rings is 1. The van der Waals surface area contributed by atoms with Crippen molar-refractivity contribution in [2.24, 2.45) is 0 Å². The molecule has 1 aliphatic rings. The zero-order valence-corrected chi connectivity index (χ0v) is 15.1. The lowest BCUT2D eigenvalue weighted by molar-refractivity contribution is 0.406. The van der Waals surface area contributed by atoms with E-state index in [1.54, 1.807) is 13.0 Å². The molecule has 0 unspecified atom stereocenters. The van der Waals surface area contributed by atoms with E-state index in [1.165, 1.54) is 20.7 Å². The van der Waals surface area contributed by atoms with Crippen LogP contribution >= 0.6 is 0 Å². The van der Waals surface area contributed by atoms with Crippen molar-refractivity contribution in [3.8, 4) is 0 Å². The van der Waals surface area contributed by atoms with E-state index < -0.39 is 20.0 Å². The number of fused-ring (bicyclic) bond motifs is 1. The summed E-state index contributed by atoms with van der Waals surface area (Å²) in [6, 6.07) is 4.56. The number of hydrogen-bond acceptors (Lipinski definition) is 6. The molecule has 1 aliphatic heterocycles. The monoisotopic (exact) mass is 373 g/mol. The van der Waals surface area contributed by atoms with E-state index in [4.69, 9.17) is 4.42 Å². The fourth-order valence-corrected chi connectivity index (χ4v) is 5.14. The van der Waals surface area contributed by atoms with Crippen molar-refractivity contribution in [3.63, 3.8) is 0 Å². The third-order valence-electron chi connectivity index (χ3n) is 3.99. The molecule has 1 fully saturated rings. The minimum atomic E-state index is -3.71. The molecule has 2 aromatic rings. The molecule has 2 heterocycles. The van der Waals surface area contributed by atoms with Crippen molar-refractivity contribution in [2.75, 3.05) is 32.4 Å². The van der Waals surface area contributed by atoms with Crippen molar-refractivity contribution in [3.05, 3.63) is 24.1 Å². The lowest BCUT2D eigenvalue weighted by Crippen LogP contribution is -2.36. The van der Waals surface area contributed by atoms with Crippen molar-refractivity contribution in [2.45, 2.75) is 18.2 Å². The Morgan fingerprint density at radius 3 is 2.42 bits per heavy atom.